The maximum Gasteiger partial charge on any atom is 0.264 e. The van der Waals surface area contributed by atoms with Crippen molar-refractivity contribution in [2.75, 3.05) is 11.4 Å². The number of benzene rings is 1. The van der Waals surface area contributed by atoms with Gasteiger partial charge < -0.3 is 5.11 Å². The van der Waals surface area contributed by atoms with E-state index >= 15 is 0 Å². The van der Waals surface area contributed by atoms with Crippen LogP contribution in [-0.4, -0.2) is 25.6 Å². The Kier molecular flexibility index (Phi) is 4.06. The first kappa shape index (κ1) is 14.5. The Balaban J connectivity index is 2.43. The van der Waals surface area contributed by atoms with Crippen LogP contribution in [0.3, 0.4) is 0 Å². The number of rotatable bonds is 4. The number of hydrogen-bond donors (Lipinski definition) is 1. The zero-order valence-corrected chi connectivity index (χ0v) is 12.1. The van der Waals surface area contributed by atoms with Crippen LogP contribution in [0.25, 0.3) is 0 Å². The molecule has 1 aromatic heterocycles. The molecule has 0 fully saturated rings. The highest BCUT2D eigenvalue weighted by Crippen LogP contribution is 2.23. The minimum absolute atomic E-state index is 0.148. The molecule has 0 saturated carbocycles. The topological polar surface area (TPSA) is 70.5 Å². The Labute approximate surface area is 118 Å². The molecule has 0 amide bonds. The first-order valence-corrected chi connectivity index (χ1v) is 7.54. The number of nitrogens with zero attached hydrogens (tertiary/aromatic N) is 2. The van der Waals surface area contributed by atoms with Crippen molar-refractivity contribution < 1.29 is 13.5 Å². The molecule has 6 heteroatoms. The number of anilines is 1. The second-order valence-corrected chi connectivity index (χ2v) is 6.40. The van der Waals surface area contributed by atoms with Crippen molar-refractivity contribution in [1.29, 1.82) is 0 Å². The van der Waals surface area contributed by atoms with Crippen molar-refractivity contribution in [2.45, 2.75) is 17.9 Å². The fourth-order valence-electron chi connectivity index (χ4n) is 1.79. The van der Waals surface area contributed by atoms with Crippen LogP contribution < -0.4 is 4.31 Å². The summed E-state index contributed by atoms with van der Waals surface area (Å²) in [6, 6.07) is 9.55. The van der Waals surface area contributed by atoms with Gasteiger partial charge in [0.25, 0.3) is 10.0 Å². The van der Waals surface area contributed by atoms with E-state index in [2.05, 4.69) is 4.98 Å². The summed E-state index contributed by atoms with van der Waals surface area (Å²) in [6.45, 7) is 1.60. The largest absolute Gasteiger partial charge is 0.389 e. The second-order valence-electron chi connectivity index (χ2n) is 4.43. The molecule has 106 valence electrons. The van der Waals surface area contributed by atoms with E-state index in [9.17, 15) is 13.5 Å². The Morgan fingerprint density at radius 2 is 1.85 bits per heavy atom. The molecule has 0 bridgehead atoms. The normalized spacial score (nSPS) is 12.9. The van der Waals surface area contributed by atoms with E-state index in [4.69, 9.17) is 0 Å². The summed E-state index contributed by atoms with van der Waals surface area (Å²) in [4.78, 5) is 4.01. The molecular weight excluding hydrogens is 276 g/mol. The molecule has 1 atom stereocenters. The molecule has 0 spiro atoms. The van der Waals surface area contributed by atoms with E-state index in [0.29, 0.717) is 11.3 Å². The molecule has 0 radical (unpaired) electrons. The fraction of sp³-hybridized carbons (Fsp3) is 0.214. The quantitative estimate of drug-likeness (QED) is 0.935. The van der Waals surface area contributed by atoms with Crippen molar-refractivity contribution in [2.24, 2.45) is 0 Å². The lowest BCUT2D eigenvalue weighted by atomic mass is 10.1. The van der Waals surface area contributed by atoms with E-state index in [1.807, 2.05) is 0 Å². The summed E-state index contributed by atoms with van der Waals surface area (Å²) < 4.78 is 26.3. The number of aliphatic hydroxyl groups excluding tert-OH is 1. The Morgan fingerprint density at radius 3 is 2.45 bits per heavy atom. The third kappa shape index (κ3) is 2.81. The molecule has 0 aliphatic rings. The zero-order valence-electron chi connectivity index (χ0n) is 11.3. The maximum atomic E-state index is 12.5. The van der Waals surface area contributed by atoms with Crippen molar-refractivity contribution in [3.05, 3.63) is 54.4 Å². The van der Waals surface area contributed by atoms with Crippen molar-refractivity contribution >= 4 is 15.7 Å². The molecule has 20 heavy (non-hydrogen) atoms. The average Bonchev–Trinajstić information content (AvgIpc) is 2.47. The highest BCUT2D eigenvalue weighted by atomic mass is 32.2. The van der Waals surface area contributed by atoms with E-state index in [1.54, 1.807) is 31.2 Å². The van der Waals surface area contributed by atoms with Gasteiger partial charge in [-0.3, -0.25) is 9.29 Å². The van der Waals surface area contributed by atoms with Gasteiger partial charge in [-0.05, 0) is 36.8 Å². The number of aliphatic hydroxyl groups is 1. The van der Waals surface area contributed by atoms with E-state index in [0.717, 1.165) is 0 Å². The minimum atomic E-state index is -3.65. The smallest absolute Gasteiger partial charge is 0.264 e. The molecule has 0 aliphatic heterocycles. The van der Waals surface area contributed by atoms with Gasteiger partial charge in [0.05, 0.1) is 16.7 Å². The van der Waals surface area contributed by atoms with Crippen LogP contribution in [0.1, 0.15) is 18.6 Å². The van der Waals surface area contributed by atoms with Gasteiger partial charge in [0.2, 0.25) is 0 Å². The monoisotopic (exact) mass is 292 g/mol. The fourth-order valence-corrected chi connectivity index (χ4v) is 3.04. The molecule has 0 aliphatic carbocycles. The van der Waals surface area contributed by atoms with Gasteiger partial charge >= 0.3 is 0 Å². The molecule has 2 aromatic rings. The van der Waals surface area contributed by atoms with Gasteiger partial charge in [-0.2, -0.15) is 0 Å². The summed E-state index contributed by atoms with van der Waals surface area (Å²) in [5.41, 5.74) is 1.09. The molecular formula is C14H16N2O3S. The predicted molar refractivity (Wildman–Crippen MR) is 76.9 cm³/mol. The SMILES string of the molecule is CC(O)c1cccc(S(=O)(=O)N(C)c2ccncc2)c1. The van der Waals surface area contributed by atoms with Crippen LogP contribution in [0.5, 0.6) is 0 Å². The molecule has 1 heterocycles. The van der Waals surface area contributed by atoms with Crippen molar-refractivity contribution in [1.82, 2.24) is 4.98 Å². The Morgan fingerprint density at radius 1 is 1.20 bits per heavy atom. The lowest BCUT2D eigenvalue weighted by Gasteiger charge is -2.19. The molecule has 2 rings (SSSR count). The van der Waals surface area contributed by atoms with E-state index < -0.39 is 16.1 Å². The van der Waals surface area contributed by atoms with Gasteiger partial charge in [0.1, 0.15) is 0 Å². The summed E-state index contributed by atoms with van der Waals surface area (Å²) in [5, 5.41) is 9.55. The van der Waals surface area contributed by atoms with Crippen LogP contribution in [0.4, 0.5) is 5.69 Å². The van der Waals surface area contributed by atoms with Crippen LogP contribution in [-0.2, 0) is 10.0 Å². The summed E-state index contributed by atoms with van der Waals surface area (Å²) >= 11 is 0. The van der Waals surface area contributed by atoms with E-state index in [-0.39, 0.29) is 4.90 Å². The number of sulfonamides is 1. The number of aromatic nitrogens is 1. The van der Waals surface area contributed by atoms with Crippen LogP contribution in [0.15, 0.2) is 53.7 Å². The molecule has 1 N–H and O–H groups in total. The first-order valence-electron chi connectivity index (χ1n) is 6.10. The van der Waals surface area contributed by atoms with Crippen LogP contribution >= 0.6 is 0 Å². The van der Waals surface area contributed by atoms with Crippen LogP contribution in [0.2, 0.25) is 0 Å². The maximum absolute atomic E-state index is 12.5. The van der Waals surface area contributed by atoms with Crippen LogP contribution in [0, 0.1) is 0 Å². The van der Waals surface area contributed by atoms with Gasteiger partial charge in [-0.15, -0.1) is 0 Å². The van der Waals surface area contributed by atoms with Gasteiger partial charge in [-0.1, -0.05) is 12.1 Å². The molecule has 1 aromatic carbocycles. The van der Waals surface area contributed by atoms with Gasteiger partial charge in [0.15, 0.2) is 0 Å². The first-order chi connectivity index (χ1) is 9.43. The Hall–Kier alpha value is -1.92. The lowest BCUT2D eigenvalue weighted by Crippen LogP contribution is -2.26. The average molecular weight is 292 g/mol. The number of pyridine rings is 1. The number of hydrogen-bond acceptors (Lipinski definition) is 4. The molecule has 5 nitrogen and oxygen atoms in total. The third-order valence-corrected chi connectivity index (χ3v) is 4.81. The molecule has 1 unspecified atom stereocenters. The van der Waals surface area contributed by atoms with Gasteiger partial charge in [-0.25, -0.2) is 8.42 Å². The predicted octanol–water partition coefficient (Wildman–Crippen LogP) is 1.96. The lowest BCUT2D eigenvalue weighted by molar-refractivity contribution is 0.199. The van der Waals surface area contributed by atoms with Crippen molar-refractivity contribution in [3.63, 3.8) is 0 Å². The van der Waals surface area contributed by atoms with E-state index in [1.165, 1.54) is 35.9 Å². The van der Waals surface area contributed by atoms with Crippen molar-refractivity contribution in [3.8, 4) is 0 Å². The highest BCUT2D eigenvalue weighted by Gasteiger charge is 2.21. The second kappa shape index (κ2) is 5.60. The summed E-state index contributed by atoms with van der Waals surface area (Å²) in [7, 11) is -2.17. The zero-order chi connectivity index (χ0) is 14.8. The summed E-state index contributed by atoms with van der Waals surface area (Å²) in [5.74, 6) is 0. The Bertz CT molecular complexity index is 685. The minimum Gasteiger partial charge on any atom is -0.389 e. The third-order valence-electron chi connectivity index (χ3n) is 3.03. The summed E-state index contributed by atoms with van der Waals surface area (Å²) in [6.07, 6.45) is 2.36. The van der Waals surface area contributed by atoms with Gasteiger partial charge in [0, 0.05) is 19.4 Å². The highest BCUT2D eigenvalue weighted by molar-refractivity contribution is 7.92. The standard InChI is InChI=1S/C14H16N2O3S/c1-11(17)12-4-3-5-14(10-12)20(18,19)16(2)13-6-8-15-9-7-13/h3-11,17H,1-2H3. The molecule has 0 saturated heterocycles.